The van der Waals surface area contributed by atoms with Crippen LogP contribution in [0, 0.1) is 5.41 Å². The maximum atomic E-state index is 15.0. The second-order valence-electron chi connectivity index (χ2n) is 13.5. The molecule has 0 spiro atoms. The van der Waals surface area contributed by atoms with Crippen molar-refractivity contribution in [1.82, 2.24) is 34.8 Å². The smallest absolute Gasteiger partial charge is 0.414 e. The van der Waals surface area contributed by atoms with E-state index in [0.717, 1.165) is 31.3 Å². The van der Waals surface area contributed by atoms with Crippen LogP contribution in [-0.2, 0) is 21.7 Å². The molecule has 3 aromatic carbocycles. The number of hydrogen-bond acceptors (Lipinski definition) is 7. The zero-order valence-electron chi connectivity index (χ0n) is 29.7. The normalized spacial score (nSPS) is 16.8. The molecule has 0 unspecified atom stereocenters. The molecular weight excluding hydrogens is 773 g/mol. The molecule has 1 aliphatic rings. The molecule has 1 N–H and O–H groups in total. The summed E-state index contributed by atoms with van der Waals surface area (Å²) < 4.78 is 104. The Morgan fingerprint density at radius 2 is 1.64 bits per heavy atom. The minimum absolute atomic E-state index is 0.000519. The Hall–Kier alpha value is -5.78. The van der Waals surface area contributed by atoms with Gasteiger partial charge in [0.15, 0.2) is 11.4 Å². The van der Waals surface area contributed by atoms with Crippen molar-refractivity contribution in [2.75, 3.05) is 0 Å². The number of alkyl halides is 7. The van der Waals surface area contributed by atoms with Crippen LogP contribution in [0.25, 0.3) is 22.5 Å². The van der Waals surface area contributed by atoms with Crippen LogP contribution in [0.3, 0.4) is 0 Å². The van der Waals surface area contributed by atoms with E-state index in [-0.39, 0.29) is 39.7 Å². The monoisotopic (exact) mass is 804 g/mol. The van der Waals surface area contributed by atoms with Gasteiger partial charge in [0.05, 0.1) is 22.7 Å². The predicted octanol–water partition coefficient (Wildman–Crippen LogP) is 9.31. The number of nitrogens with zero attached hydrogens (tertiary/aromatic N) is 7. The van der Waals surface area contributed by atoms with Gasteiger partial charge in [0, 0.05) is 17.3 Å². The van der Waals surface area contributed by atoms with Crippen LogP contribution in [0.2, 0.25) is 5.02 Å². The molecule has 6 rings (SSSR count). The number of carbonyl (C=O) groups excluding carboxylic acids is 2. The van der Waals surface area contributed by atoms with E-state index in [9.17, 15) is 40.3 Å². The summed E-state index contributed by atoms with van der Waals surface area (Å²) in [5, 5.41) is 9.60. The first kappa shape index (κ1) is 39.9. The van der Waals surface area contributed by atoms with Crippen molar-refractivity contribution in [2.45, 2.75) is 64.7 Å². The number of rotatable bonds is 11. The second kappa shape index (κ2) is 15.4. The lowest BCUT2D eigenvalue weighted by Crippen LogP contribution is -2.49. The van der Waals surface area contributed by atoms with E-state index in [1.807, 2.05) is 0 Å². The molecule has 0 saturated heterocycles. The Morgan fingerprint density at radius 3 is 2.27 bits per heavy atom. The summed E-state index contributed by atoms with van der Waals surface area (Å²) in [5.74, 6) is -1.75. The molecule has 0 radical (unpaired) electrons. The highest BCUT2D eigenvalue weighted by Gasteiger charge is 2.59. The fraction of sp³-hybridized carbons (Fsp3) is 0.297. The van der Waals surface area contributed by atoms with Crippen molar-refractivity contribution in [3.05, 3.63) is 113 Å². The van der Waals surface area contributed by atoms with Gasteiger partial charge in [-0.1, -0.05) is 86.1 Å². The highest BCUT2D eigenvalue weighted by molar-refractivity contribution is 6.33. The molecule has 2 aromatic heterocycles. The summed E-state index contributed by atoms with van der Waals surface area (Å²) in [7, 11) is 0. The molecule has 3 heterocycles. The number of aliphatic imine (C=N–C) groups is 1. The Labute approximate surface area is 319 Å². The Bertz CT molecular complexity index is 2240. The molecular formula is C37H32ClF7N8O3. The van der Waals surface area contributed by atoms with Crippen LogP contribution in [0.1, 0.15) is 63.0 Å². The van der Waals surface area contributed by atoms with Crippen molar-refractivity contribution < 1.29 is 45.1 Å². The van der Waals surface area contributed by atoms with Crippen molar-refractivity contribution in [3.63, 3.8) is 0 Å². The van der Waals surface area contributed by atoms with E-state index in [0.29, 0.717) is 20.5 Å². The van der Waals surface area contributed by atoms with Crippen LogP contribution < -0.4 is 5.32 Å². The fourth-order valence-electron chi connectivity index (χ4n) is 6.26. The first-order valence-corrected chi connectivity index (χ1v) is 17.2. The van der Waals surface area contributed by atoms with Crippen molar-refractivity contribution in [2.24, 2.45) is 10.4 Å². The van der Waals surface area contributed by atoms with Gasteiger partial charge in [-0.25, -0.2) is 19.5 Å². The topological polar surface area (TPSA) is 120 Å². The standard InChI is InChI=1S/C37H32ClF7N8O3/c1-21(24-11-14-28(38)27(15-24)29-46-20-48-53(29)32(41)42)52-30(54)36(19-35(2,3)37(43,44)45,50-33(52)49-34(55)56-18-22-7-5-4-6-8-22)26-12-9-23(10-13-26)25-16-47-51(17-25)31(39)40/h4-17,20-21,31-32H,18-19H2,1-3H3,(H,49,50,55)/t21-,36+/m0/s1. The van der Waals surface area contributed by atoms with Crippen LogP contribution >= 0.6 is 11.6 Å². The number of ether oxygens (including phenoxy) is 1. The van der Waals surface area contributed by atoms with Crippen LogP contribution in [0.4, 0.5) is 35.5 Å². The Morgan fingerprint density at radius 1 is 0.946 bits per heavy atom. The van der Waals surface area contributed by atoms with Gasteiger partial charge in [-0.05, 0) is 47.7 Å². The molecule has 11 nitrogen and oxygen atoms in total. The van der Waals surface area contributed by atoms with Gasteiger partial charge >= 0.3 is 25.4 Å². The van der Waals surface area contributed by atoms with Crippen molar-refractivity contribution in [3.8, 4) is 22.5 Å². The summed E-state index contributed by atoms with van der Waals surface area (Å²) in [6.07, 6.45) is -3.71. The van der Waals surface area contributed by atoms with E-state index in [1.54, 1.807) is 30.3 Å². The van der Waals surface area contributed by atoms with Crippen LogP contribution in [0.15, 0.2) is 96.5 Å². The van der Waals surface area contributed by atoms with E-state index < -0.39 is 60.7 Å². The van der Waals surface area contributed by atoms with E-state index in [4.69, 9.17) is 16.3 Å². The molecule has 0 aliphatic carbocycles. The average molecular weight is 805 g/mol. The molecule has 1 aliphatic heterocycles. The lowest BCUT2D eigenvalue weighted by Gasteiger charge is -2.37. The zero-order chi connectivity index (χ0) is 40.6. The highest BCUT2D eigenvalue weighted by Crippen LogP contribution is 2.51. The Kier molecular flexibility index (Phi) is 11.0. The van der Waals surface area contributed by atoms with E-state index >= 15 is 0 Å². The number of halogens is 8. The molecule has 294 valence electrons. The number of guanidine groups is 1. The third-order valence-corrected chi connectivity index (χ3v) is 9.68. The number of alkyl carbamates (subject to hydrolysis) is 1. The number of hydrogen-bond donors (Lipinski definition) is 1. The highest BCUT2D eigenvalue weighted by atomic mass is 35.5. The molecule has 0 saturated carbocycles. The first-order chi connectivity index (χ1) is 26.4. The van der Waals surface area contributed by atoms with Crippen molar-refractivity contribution in [1.29, 1.82) is 0 Å². The van der Waals surface area contributed by atoms with Crippen LogP contribution in [-0.4, -0.2) is 53.6 Å². The summed E-state index contributed by atoms with van der Waals surface area (Å²) in [6.45, 7) is -2.90. The van der Waals surface area contributed by atoms with Gasteiger partial charge in [-0.15, -0.1) is 0 Å². The number of amides is 2. The number of benzene rings is 3. The molecule has 2 atom stereocenters. The second-order valence-corrected chi connectivity index (χ2v) is 13.9. The molecule has 0 fully saturated rings. The van der Waals surface area contributed by atoms with E-state index in [1.165, 1.54) is 55.6 Å². The summed E-state index contributed by atoms with van der Waals surface area (Å²) >= 11 is 6.40. The third-order valence-electron chi connectivity index (χ3n) is 9.35. The molecule has 0 bridgehead atoms. The minimum atomic E-state index is -4.84. The molecule has 19 heteroatoms. The van der Waals surface area contributed by atoms with Gasteiger partial charge in [-0.2, -0.15) is 45.6 Å². The van der Waals surface area contributed by atoms with Gasteiger partial charge in [0.25, 0.3) is 5.91 Å². The largest absolute Gasteiger partial charge is 0.444 e. The average Bonchev–Trinajstić information content (AvgIpc) is 3.90. The van der Waals surface area contributed by atoms with Gasteiger partial charge in [-0.3, -0.25) is 15.0 Å². The zero-order valence-corrected chi connectivity index (χ0v) is 30.4. The fourth-order valence-corrected chi connectivity index (χ4v) is 6.46. The first-order valence-electron chi connectivity index (χ1n) is 16.8. The number of carbonyl (C=O) groups is 2. The SMILES string of the molecule is C[C@@H](c1ccc(Cl)c(-c2ncnn2C(F)F)c1)N1C(=O)[C@@](CC(C)(C)C(F)(F)F)(c2ccc(-c3cnn(C(F)F)c3)cc2)N=C1NC(=O)OCc1ccccc1. The van der Waals surface area contributed by atoms with Crippen LogP contribution in [0.5, 0.6) is 0 Å². The summed E-state index contributed by atoms with van der Waals surface area (Å²) in [4.78, 5) is 37.7. The van der Waals surface area contributed by atoms with Gasteiger partial charge in [0.2, 0.25) is 5.96 Å². The summed E-state index contributed by atoms with van der Waals surface area (Å²) in [6, 6.07) is 17.2. The minimum Gasteiger partial charge on any atom is -0.444 e. The number of aromatic nitrogens is 5. The summed E-state index contributed by atoms with van der Waals surface area (Å²) in [5.41, 5.74) is -3.40. The van der Waals surface area contributed by atoms with Gasteiger partial charge < -0.3 is 4.74 Å². The maximum Gasteiger partial charge on any atom is 0.414 e. The quantitative estimate of drug-likeness (QED) is 0.133. The third kappa shape index (κ3) is 7.82. The predicted molar refractivity (Wildman–Crippen MR) is 189 cm³/mol. The van der Waals surface area contributed by atoms with Gasteiger partial charge in [0.1, 0.15) is 12.9 Å². The molecule has 2 amide bonds. The molecule has 5 aromatic rings. The lowest BCUT2D eigenvalue weighted by molar-refractivity contribution is -0.218. The number of nitrogens with one attached hydrogen (secondary N) is 1. The maximum absolute atomic E-state index is 15.0. The Balaban J connectivity index is 1.46. The molecule has 56 heavy (non-hydrogen) atoms. The lowest BCUT2D eigenvalue weighted by atomic mass is 9.74. The van der Waals surface area contributed by atoms with Crippen molar-refractivity contribution >= 4 is 29.6 Å². The van der Waals surface area contributed by atoms with E-state index in [2.05, 4.69) is 25.5 Å².